The molecule has 0 bridgehead atoms. The van der Waals surface area contributed by atoms with Crippen LogP contribution in [0.15, 0.2) is 30.3 Å². The van der Waals surface area contributed by atoms with E-state index in [2.05, 4.69) is 0 Å². The zero-order valence-corrected chi connectivity index (χ0v) is 15.1. The van der Waals surface area contributed by atoms with Crippen LogP contribution in [0.2, 0.25) is 10.0 Å². The molecule has 0 unspecified atom stereocenters. The minimum atomic E-state index is -0.783. The molecule has 0 saturated carbocycles. The number of nitrogens with two attached hydrogens (primary N) is 1. The van der Waals surface area contributed by atoms with Gasteiger partial charge < -0.3 is 19.9 Å². The van der Waals surface area contributed by atoms with Crippen molar-refractivity contribution in [2.24, 2.45) is 0 Å². The van der Waals surface area contributed by atoms with Crippen molar-refractivity contribution in [3.05, 3.63) is 51.5 Å². The van der Waals surface area contributed by atoms with Gasteiger partial charge in [0.25, 0.3) is 0 Å². The number of fused-ring (bicyclic) bond motifs is 1. The summed E-state index contributed by atoms with van der Waals surface area (Å²) < 4.78 is 16.1. The number of nitrogen functional groups attached to an aromatic ring is 1. The van der Waals surface area contributed by atoms with Gasteiger partial charge in [0, 0.05) is 17.0 Å². The summed E-state index contributed by atoms with van der Waals surface area (Å²) >= 11 is 11.8. The van der Waals surface area contributed by atoms with E-state index in [4.69, 9.17) is 43.1 Å². The number of carbonyl (C=O) groups is 2. The van der Waals surface area contributed by atoms with Crippen LogP contribution in [0.1, 0.15) is 27.1 Å². The second-order valence-corrected chi connectivity index (χ2v) is 6.40. The van der Waals surface area contributed by atoms with Gasteiger partial charge in [0.15, 0.2) is 23.9 Å². The Bertz CT molecular complexity index is 869. The molecule has 0 spiro atoms. The summed E-state index contributed by atoms with van der Waals surface area (Å²) in [6, 6.07) is 7.57. The molecule has 3 rings (SSSR count). The fourth-order valence-corrected chi connectivity index (χ4v) is 2.88. The molecule has 1 aliphatic heterocycles. The Morgan fingerprint density at radius 1 is 1.08 bits per heavy atom. The van der Waals surface area contributed by atoms with E-state index in [1.165, 1.54) is 12.1 Å². The van der Waals surface area contributed by atoms with Crippen LogP contribution >= 0.6 is 23.2 Å². The summed E-state index contributed by atoms with van der Waals surface area (Å²) in [6.07, 6.45) is 0.763. The highest BCUT2D eigenvalue weighted by Crippen LogP contribution is 2.31. The third-order valence-electron chi connectivity index (χ3n) is 3.72. The van der Waals surface area contributed by atoms with Crippen molar-refractivity contribution < 1.29 is 23.8 Å². The van der Waals surface area contributed by atoms with Gasteiger partial charge in [-0.25, -0.2) is 4.79 Å². The lowest BCUT2D eigenvalue weighted by molar-refractivity contribution is 0.0475. The van der Waals surface area contributed by atoms with Crippen molar-refractivity contribution >= 4 is 40.6 Å². The summed E-state index contributed by atoms with van der Waals surface area (Å²) in [7, 11) is 0. The fourth-order valence-electron chi connectivity index (χ4n) is 2.38. The van der Waals surface area contributed by atoms with Gasteiger partial charge in [-0.2, -0.15) is 0 Å². The van der Waals surface area contributed by atoms with E-state index in [0.717, 1.165) is 6.42 Å². The average Bonchev–Trinajstić information content (AvgIpc) is 2.87. The van der Waals surface area contributed by atoms with Crippen LogP contribution in [0.4, 0.5) is 5.69 Å². The van der Waals surface area contributed by atoms with Gasteiger partial charge in [-0.3, -0.25) is 4.79 Å². The summed E-state index contributed by atoms with van der Waals surface area (Å²) in [5.74, 6) is -0.0989. The Hall–Kier alpha value is -2.44. The maximum absolute atomic E-state index is 12.3. The van der Waals surface area contributed by atoms with Gasteiger partial charge in [-0.15, -0.1) is 0 Å². The van der Waals surface area contributed by atoms with Gasteiger partial charge in [-0.05, 0) is 30.3 Å². The molecule has 8 heteroatoms. The number of hydrogen-bond acceptors (Lipinski definition) is 6. The Labute approximate surface area is 159 Å². The number of anilines is 1. The van der Waals surface area contributed by atoms with Crippen LogP contribution in [-0.2, 0) is 4.74 Å². The summed E-state index contributed by atoms with van der Waals surface area (Å²) in [4.78, 5) is 24.5. The van der Waals surface area contributed by atoms with E-state index in [0.29, 0.717) is 30.3 Å². The molecule has 2 N–H and O–H groups in total. The third-order valence-corrected chi connectivity index (χ3v) is 4.25. The first-order valence-electron chi connectivity index (χ1n) is 7.80. The quantitative estimate of drug-likeness (QED) is 0.481. The van der Waals surface area contributed by atoms with Crippen molar-refractivity contribution in [3.63, 3.8) is 0 Å². The molecule has 6 nitrogen and oxygen atoms in total. The molecule has 0 fully saturated rings. The van der Waals surface area contributed by atoms with E-state index in [9.17, 15) is 9.59 Å². The number of benzene rings is 2. The first-order valence-corrected chi connectivity index (χ1v) is 8.56. The van der Waals surface area contributed by atoms with Crippen molar-refractivity contribution in [2.45, 2.75) is 6.42 Å². The Morgan fingerprint density at radius 3 is 2.58 bits per heavy atom. The Kier molecular flexibility index (Phi) is 5.54. The highest BCUT2D eigenvalue weighted by molar-refractivity contribution is 6.37. The first kappa shape index (κ1) is 18.4. The number of carbonyl (C=O) groups excluding carboxylic acids is 2. The lowest BCUT2D eigenvalue weighted by Gasteiger charge is -2.10. The molecule has 0 amide bonds. The summed E-state index contributed by atoms with van der Waals surface area (Å²) in [5.41, 5.74) is 6.15. The Balaban J connectivity index is 1.69. The van der Waals surface area contributed by atoms with Gasteiger partial charge >= 0.3 is 5.97 Å². The molecule has 1 heterocycles. The average molecular weight is 396 g/mol. The monoisotopic (exact) mass is 395 g/mol. The minimum Gasteiger partial charge on any atom is -0.490 e. The molecular formula is C18H15Cl2NO5. The molecule has 2 aromatic rings. The van der Waals surface area contributed by atoms with Crippen molar-refractivity contribution in [1.29, 1.82) is 0 Å². The topological polar surface area (TPSA) is 87.9 Å². The van der Waals surface area contributed by atoms with Crippen LogP contribution in [0.25, 0.3) is 0 Å². The molecule has 0 radical (unpaired) electrons. The van der Waals surface area contributed by atoms with Crippen molar-refractivity contribution in [3.8, 4) is 11.5 Å². The number of halogens is 2. The highest BCUT2D eigenvalue weighted by atomic mass is 35.5. The normalized spacial score (nSPS) is 13.0. The molecule has 1 aliphatic rings. The molecular weight excluding hydrogens is 381 g/mol. The lowest BCUT2D eigenvalue weighted by atomic mass is 10.1. The van der Waals surface area contributed by atoms with Crippen LogP contribution in [0.3, 0.4) is 0 Å². The number of ether oxygens (including phenoxy) is 3. The van der Waals surface area contributed by atoms with Crippen molar-refractivity contribution in [1.82, 2.24) is 0 Å². The lowest BCUT2D eigenvalue weighted by Crippen LogP contribution is -2.15. The van der Waals surface area contributed by atoms with E-state index in [1.54, 1.807) is 18.2 Å². The standard InChI is InChI=1S/C18H15Cl2NO5/c19-11-7-12(17(21)13(20)8-11)18(23)26-9-14(22)10-2-3-15-16(6-10)25-5-1-4-24-15/h2-3,6-8H,1,4-5,9,21H2. The maximum atomic E-state index is 12.3. The van der Waals surface area contributed by atoms with Crippen LogP contribution in [0.5, 0.6) is 11.5 Å². The van der Waals surface area contributed by atoms with Gasteiger partial charge in [-0.1, -0.05) is 23.2 Å². The predicted octanol–water partition coefficient (Wildman–Crippen LogP) is 3.78. The second kappa shape index (κ2) is 7.85. The maximum Gasteiger partial charge on any atom is 0.340 e. The molecule has 26 heavy (non-hydrogen) atoms. The zero-order valence-electron chi connectivity index (χ0n) is 13.6. The van der Waals surface area contributed by atoms with E-state index in [-0.39, 0.29) is 27.1 Å². The van der Waals surface area contributed by atoms with Crippen LogP contribution in [-0.4, -0.2) is 31.6 Å². The smallest absolute Gasteiger partial charge is 0.340 e. The SMILES string of the molecule is Nc1c(Cl)cc(Cl)cc1C(=O)OCC(=O)c1ccc2c(c1)OCCCO2. The molecule has 0 aromatic heterocycles. The largest absolute Gasteiger partial charge is 0.490 e. The van der Waals surface area contributed by atoms with Crippen LogP contribution in [0, 0.1) is 0 Å². The molecule has 0 saturated heterocycles. The Morgan fingerprint density at radius 2 is 1.81 bits per heavy atom. The van der Waals surface area contributed by atoms with Crippen molar-refractivity contribution in [2.75, 3.05) is 25.6 Å². The van der Waals surface area contributed by atoms with Gasteiger partial charge in [0.1, 0.15) is 0 Å². The molecule has 0 aliphatic carbocycles. The summed E-state index contributed by atoms with van der Waals surface area (Å²) in [6.45, 7) is 0.609. The minimum absolute atomic E-state index is 0.00830. The van der Waals surface area contributed by atoms with Gasteiger partial charge in [0.05, 0.1) is 29.5 Å². The molecule has 136 valence electrons. The number of ketones is 1. The number of hydrogen-bond donors (Lipinski definition) is 1. The molecule has 0 atom stereocenters. The molecule has 2 aromatic carbocycles. The number of rotatable bonds is 4. The van der Waals surface area contributed by atoms with E-state index < -0.39 is 12.6 Å². The third kappa shape index (κ3) is 4.03. The van der Waals surface area contributed by atoms with Crippen LogP contribution < -0.4 is 15.2 Å². The number of esters is 1. The second-order valence-electron chi connectivity index (χ2n) is 5.56. The van der Waals surface area contributed by atoms with E-state index in [1.807, 2.05) is 0 Å². The first-order chi connectivity index (χ1) is 12.5. The fraction of sp³-hybridized carbons (Fsp3) is 0.222. The summed E-state index contributed by atoms with van der Waals surface area (Å²) in [5, 5.41) is 0.379. The van der Waals surface area contributed by atoms with E-state index >= 15 is 0 Å². The predicted molar refractivity (Wildman–Crippen MR) is 97.5 cm³/mol. The highest BCUT2D eigenvalue weighted by Gasteiger charge is 2.18. The number of Topliss-reactive ketones (excluding diaryl/α,β-unsaturated/α-hetero) is 1. The van der Waals surface area contributed by atoms with Gasteiger partial charge in [0.2, 0.25) is 0 Å². The zero-order chi connectivity index (χ0) is 18.7.